The minimum absolute atomic E-state index is 0.162. The van der Waals surface area contributed by atoms with Crippen LogP contribution in [0.15, 0.2) is 24.3 Å². The predicted molar refractivity (Wildman–Crippen MR) is 109 cm³/mol. The van der Waals surface area contributed by atoms with Gasteiger partial charge >= 0.3 is 11.9 Å². The fourth-order valence-electron chi connectivity index (χ4n) is 2.89. The normalized spacial score (nSPS) is 10.6. The molecule has 0 aliphatic carbocycles. The van der Waals surface area contributed by atoms with E-state index < -0.39 is 0 Å². The first-order chi connectivity index (χ1) is 13.1. The van der Waals surface area contributed by atoms with Crippen molar-refractivity contribution < 1.29 is 19.1 Å². The van der Waals surface area contributed by atoms with Crippen LogP contribution in [0.4, 0.5) is 0 Å². The van der Waals surface area contributed by atoms with Crippen molar-refractivity contribution in [2.45, 2.75) is 90.9 Å². The number of ether oxygens (including phenoxy) is 2. The lowest BCUT2D eigenvalue weighted by Crippen LogP contribution is -2.09. The zero-order valence-corrected chi connectivity index (χ0v) is 17.1. The molecule has 1 aromatic carbocycles. The number of unbranched alkanes of at least 4 members (excludes halogenated alkanes) is 8. The summed E-state index contributed by atoms with van der Waals surface area (Å²) in [6.45, 7) is 4.70. The maximum atomic E-state index is 11.8. The summed E-state index contributed by atoms with van der Waals surface area (Å²) in [5.41, 5.74) is 1.06. The third kappa shape index (κ3) is 13.0. The van der Waals surface area contributed by atoms with Crippen LogP contribution < -0.4 is 4.74 Å². The molecule has 0 saturated heterocycles. The SMILES string of the molecule is CCCCCCCCCCOC(=O)CCCCC(=O)Oc1cccc(C)c1. The quantitative estimate of drug-likeness (QED) is 0.209. The van der Waals surface area contributed by atoms with Crippen molar-refractivity contribution in [3.05, 3.63) is 29.8 Å². The number of carbonyl (C=O) groups is 2. The fraction of sp³-hybridized carbons (Fsp3) is 0.652. The average molecular weight is 377 g/mol. The Bertz CT molecular complexity index is 539. The molecule has 4 heteroatoms. The van der Waals surface area contributed by atoms with Gasteiger partial charge in [-0.05, 0) is 43.9 Å². The van der Waals surface area contributed by atoms with E-state index in [0.717, 1.165) is 18.4 Å². The van der Waals surface area contributed by atoms with E-state index in [9.17, 15) is 9.59 Å². The fourth-order valence-corrected chi connectivity index (χ4v) is 2.89. The van der Waals surface area contributed by atoms with Crippen molar-refractivity contribution in [3.8, 4) is 5.75 Å². The lowest BCUT2D eigenvalue weighted by Gasteiger charge is -2.06. The molecule has 0 saturated carbocycles. The van der Waals surface area contributed by atoms with Gasteiger partial charge in [-0.2, -0.15) is 0 Å². The molecule has 0 bridgehead atoms. The van der Waals surface area contributed by atoms with Crippen molar-refractivity contribution >= 4 is 11.9 Å². The number of esters is 2. The Labute approximate surface area is 164 Å². The molecule has 0 amide bonds. The third-order valence-corrected chi connectivity index (χ3v) is 4.49. The van der Waals surface area contributed by atoms with Crippen LogP contribution in [-0.2, 0) is 14.3 Å². The molecule has 0 aliphatic heterocycles. The molecule has 0 radical (unpaired) electrons. The molecule has 0 spiro atoms. The van der Waals surface area contributed by atoms with Crippen LogP contribution >= 0.6 is 0 Å². The molecule has 0 fully saturated rings. The highest BCUT2D eigenvalue weighted by Gasteiger charge is 2.07. The first-order valence-electron chi connectivity index (χ1n) is 10.5. The van der Waals surface area contributed by atoms with E-state index in [1.165, 1.54) is 38.5 Å². The van der Waals surface area contributed by atoms with Crippen molar-refractivity contribution in [1.82, 2.24) is 0 Å². The van der Waals surface area contributed by atoms with Gasteiger partial charge in [-0.25, -0.2) is 0 Å². The Hall–Kier alpha value is -1.84. The van der Waals surface area contributed by atoms with Crippen molar-refractivity contribution in [3.63, 3.8) is 0 Å². The molecule has 0 atom stereocenters. The smallest absolute Gasteiger partial charge is 0.311 e. The lowest BCUT2D eigenvalue weighted by molar-refractivity contribution is -0.144. The summed E-state index contributed by atoms with van der Waals surface area (Å²) in [4.78, 5) is 23.5. The van der Waals surface area contributed by atoms with E-state index in [1.54, 1.807) is 6.07 Å². The molecule has 0 heterocycles. The molecule has 0 unspecified atom stereocenters. The van der Waals surface area contributed by atoms with Crippen molar-refractivity contribution in [2.75, 3.05) is 6.61 Å². The Morgan fingerprint density at radius 1 is 0.815 bits per heavy atom. The Morgan fingerprint density at radius 2 is 1.44 bits per heavy atom. The average Bonchev–Trinajstić information content (AvgIpc) is 2.64. The van der Waals surface area contributed by atoms with Gasteiger partial charge < -0.3 is 9.47 Å². The summed E-state index contributed by atoms with van der Waals surface area (Å²) >= 11 is 0. The van der Waals surface area contributed by atoms with Crippen LogP contribution in [0, 0.1) is 6.92 Å². The van der Waals surface area contributed by atoms with Gasteiger partial charge in [-0.3, -0.25) is 9.59 Å². The molecular weight excluding hydrogens is 340 g/mol. The number of carbonyl (C=O) groups excluding carboxylic acids is 2. The molecule has 0 N–H and O–H groups in total. The molecule has 4 nitrogen and oxygen atoms in total. The predicted octanol–water partition coefficient (Wildman–Crippen LogP) is 6.14. The minimum Gasteiger partial charge on any atom is -0.466 e. The second kappa shape index (κ2) is 15.2. The largest absolute Gasteiger partial charge is 0.466 e. The maximum Gasteiger partial charge on any atom is 0.311 e. The Kier molecular flexibility index (Phi) is 13.1. The second-order valence-electron chi connectivity index (χ2n) is 7.19. The summed E-state index contributed by atoms with van der Waals surface area (Å²) in [5.74, 6) is 0.155. The van der Waals surface area contributed by atoms with Gasteiger partial charge in [0.2, 0.25) is 0 Å². The van der Waals surface area contributed by atoms with E-state index in [0.29, 0.717) is 38.0 Å². The highest BCUT2D eigenvalue weighted by atomic mass is 16.5. The van der Waals surface area contributed by atoms with E-state index >= 15 is 0 Å². The minimum atomic E-state index is -0.257. The Balaban J connectivity index is 1.94. The van der Waals surface area contributed by atoms with Gasteiger partial charge in [0.1, 0.15) is 5.75 Å². The van der Waals surface area contributed by atoms with E-state index in [1.807, 2.05) is 25.1 Å². The lowest BCUT2D eigenvalue weighted by atomic mass is 10.1. The summed E-state index contributed by atoms with van der Waals surface area (Å²) in [6, 6.07) is 7.42. The van der Waals surface area contributed by atoms with Gasteiger partial charge in [0.25, 0.3) is 0 Å². The zero-order valence-electron chi connectivity index (χ0n) is 17.1. The summed E-state index contributed by atoms with van der Waals surface area (Å²) in [5, 5.41) is 0. The Morgan fingerprint density at radius 3 is 2.11 bits per heavy atom. The van der Waals surface area contributed by atoms with Crippen LogP contribution in [0.25, 0.3) is 0 Å². The van der Waals surface area contributed by atoms with Crippen LogP contribution in [0.2, 0.25) is 0 Å². The van der Waals surface area contributed by atoms with Crippen LogP contribution in [0.3, 0.4) is 0 Å². The third-order valence-electron chi connectivity index (χ3n) is 4.49. The molecule has 0 aliphatic rings. The zero-order chi connectivity index (χ0) is 19.7. The van der Waals surface area contributed by atoms with Gasteiger partial charge in [0, 0.05) is 12.8 Å². The van der Waals surface area contributed by atoms with Crippen molar-refractivity contribution in [1.29, 1.82) is 0 Å². The molecular formula is C23H36O4. The first-order valence-corrected chi connectivity index (χ1v) is 10.5. The van der Waals surface area contributed by atoms with Crippen LogP contribution in [-0.4, -0.2) is 18.5 Å². The van der Waals surface area contributed by atoms with Gasteiger partial charge in [-0.15, -0.1) is 0 Å². The number of aryl methyl sites for hydroxylation is 1. The highest BCUT2D eigenvalue weighted by Crippen LogP contribution is 2.14. The van der Waals surface area contributed by atoms with Crippen molar-refractivity contribution in [2.24, 2.45) is 0 Å². The van der Waals surface area contributed by atoms with E-state index in [4.69, 9.17) is 9.47 Å². The summed E-state index contributed by atoms with van der Waals surface area (Å²) < 4.78 is 10.5. The first kappa shape index (κ1) is 23.2. The molecule has 0 aromatic heterocycles. The number of hydrogen-bond acceptors (Lipinski definition) is 4. The molecule has 1 aromatic rings. The molecule has 1 rings (SSSR count). The van der Waals surface area contributed by atoms with E-state index in [-0.39, 0.29) is 11.9 Å². The second-order valence-corrected chi connectivity index (χ2v) is 7.19. The number of rotatable bonds is 15. The summed E-state index contributed by atoms with van der Waals surface area (Å²) in [6.07, 6.45) is 11.8. The monoisotopic (exact) mass is 376 g/mol. The van der Waals surface area contributed by atoms with E-state index in [2.05, 4.69) is 6.92 Å². The number of hydrogen-bond donors (Lipinski definition) is 0. The van der Waals surface area contributed by atoms with Crippen LogP contribution in [0.1, 0.15) is 89.5 Å². The van der Waals surface area contributed by atoms with Crippen LogP contribution in [0.5, 0.6) is 5.75 Å². The van der Waals surface area contributed by atoms with Gasteiger partial charge in [0.15, 0.2) is 0 Å². The summed E-state index contributed by atoms with van der Waals surface area (Å²) in [7, 11) is 0. The standard InChI is InChI=1S/C23H36O4/c1-3-4-5-6-7-8-9-12-18-26-22(24)16-10-11-17-23(25)27-21-15-13-14-20(2)19-21/h13-15,19H,3-12,16-18H2,1-2H3. The van der Waals surface area contributed by atoms with Gasteiger partial charge in [-0.1, -0.05) is 64.0 Å². The van der Waals surface area contributed by atoms with Gasteiger partial charge in [0.05, 0.1) is 6.61 Å². The topological polar surface area (TPSA) is 52.6 Å². The highest BCUT2D eigenvalue weighted by molar-refractivity contribution is 5.72. The molecule has 152 valence electrons. The maximum absolute atomic E-state index is 11.8. The molecule has 27 heavy (non-hydrogen) atoms. The number of benzene rings is 1.